The van der Waals surface area contributed by atoms with Crippen LogP contribution in [0, 0.1) is 5.92 Å². The summed E-state index contributed by atoms with van der Waals surface area (Å²) in [7, 11) is 0. The van der Waals surface area contributed by atoms with E-state index < -0.39 is 0 Å². The number of anilines is 2. The molecule has 3 rings (SSSR count). The summed E-state index contributed by atoms with van der Waals surface area (Å²) < 4.78 is 1.86. The number of fused-ring (bicyclic) bond motifs is 1. The fourth-order valence-electron chi connectivity index (χ4n) is 2.60. The van der Waals surface area contributed by atoms with E-state index in [9.17, 15) is 5.11 Å². The highest BCUT2D eigenvalue weighted by molar-refractivity contribution is 5.65. The number of hydrazine groups is 1. The third kappa shape index (κ3) is 2.34. The first kappa shape index (κ1) is 12.2. The minimum atomic E-state index is -0.209. The molecule has 7 heteroatoms. The van der Waals surface area contributed by atoms with Crippen molar-refractivity contribution in [3.63, 3.8) is 0 Å². The highest BCUT2D eigenvalue weighted by Gasteiger charge is 2.25. The number of aliphatic hydroxyl groups excluding tert-OH is 1. The van der Waals surface area contributed by atoms with Gasteiger partial charge in [-0.15, -0.1) is 0 Å². The van der Waals surface area contributed by atoms with Crippen molar-refractivity contribution < 1.29 is 5.11 Å². The van der Waals surface area contributed by atoms with Gasteiger partial charge in [0, 0.05) is 24.9 Å². The van der Waals surface area contributed by atoms with Crippen molar-refractivity contribution in [1.82, 2.24) is 14.4 Å². The van der Waals surface area contributed by atoms with Crippen LogP contribution in [0.3, 0.4) is 0 Å². The first-order valence-corrected chi connectivity index (χ1v) is 6.50. The molecular formula is C12H18N6O. The van der Waals surface area contributed by atoms with Gasteiger partial charge < -0.3 is 20.2 Å². The van der Waals surface area contributed by atoms with Crippen LogP contribution in [0.25, 0.3) is 5.65 Å². The molecule has 2 aromatic rings. The molecule has 1 saturated carbocycles. The Balaban J connectivity index is 1.81. The zero-order valence-electron chi connectivity index (χ0n) is 10.6. The number of imidazole rings is 1. The molecule has 2 aromatic heterocycles. The third-order valence-corrected chi connectivity index (χ3v) is 3.67. The van der Waals surface area contributed by atoms with Crippen LogP contribution in [0.15, 0.2) is 18.6 Å². The topological polar surface area (TPSA) is 100 Å². The van der Waals surface area contributed by atoms with Gasteiger partial charge in [-0.1, -0.05) is 6.42 Å². The van der Waals surface area contributed by atoms with E-state index >= 15 is 0 Å². The van der Waals surface area contributed by atoms with Gasteiger partial charge in [0.25, 0.3) is 0 Å². The van der Waals surface area contributed by atoms with Crippen LogP contribution in [0.2, 0.25) is 0 Å². The Bertz CT molecular complexity index is 568. The molecule has 1 aliphatic carbocycles. The highest BCUT2D eigenvalue weighted by Crippen LogP contribution is 2.26. The Hall–Kier alpha value is -1.86. The summed E-state index contributed by atoms with van der Waals surface area (Å²) in [6.45, 7) is 0.699. The van der Waals surface area contributed by atoms with Gasteiger partial charge in [-0.05, 0) is 12.8 Å². The molecule has 0 aromatic carbocycles. The minimum Gasteiger partial charge on any atom is -0.393 e. The molecule has 5 N–H and O–H groups in total. The van der Waals surface area contributed by atoms with Crippen LogP contribution in [-0.2, 0) is 0 Å². The lowest BCUT2D eigenvalue weighted by Crippen LogP contribution is -2.23. The smallest absolute Gasteiger partial charge is 0.180 e. The van der Waals surface area contributed by atoms with Crippen LogP contribution >= 0.6 is 0 Å². The van der Waals surface area contributed by atoms with E-state index in [-0.39, 0.29) is 12.0 Å². The van der Waals surface area contributed by atoms with Gasteiger partial charge in [0.2, 0.25) is 0 Å². The molecule has 7 nitrogen and oxygen atoms in total. The molecule has 0 spiro atoms. The molecule has 2 unspecified atom stereocenters. The second-order valence-corrected chi connectivity index (χ2v) is 4.92. The standard InChI is InChI=1S/C12H18N6O/c13-17-10-7-18-5-4-14-12(18)11(16-10)15-6-8-2-1-3-9(8)19/h4-5,7-9,17,19H,1-3,6,13H2,(H,15,16). The van der Waals surface area contributed by atoms with Gasteiger partial charge in [0.05, 0.1) is 12.3 Å². The maximum absolute atomic E-state index is 9.83. The van der Waals surface area contributed by atoms with E-state index in [1.165, 1.54) is 0 Å². The van der Waals surface area contributed by atoms with E-state index in [0.717, 1.165) is 24.9 Å². The molecular weight excluding hydrogens is 244 g/mol. The lowest BCUT2D eigenvalue weighted by atomic mass is 10.1. The maximum atomic E-state index is 9.83. The van der Waals surface area contributed by atoms with Crippen molar-refractivity contribution in [2.75, 3.05) is 17.3 Å². The fourth-order valence-corrected chi connectivity index (χ4v) is 2.60. The number of nitrogens with two attached hydrogens (primary N) is 1. The first-order chi connectivity index (χ1) is 9.28. The Morgan fingerprint density at radius 3 is 3.11 bits per heavy atom. The largest absolute Gasteiger partial charge is 0.393 e. The first-order valence-electron chi connectivity index (χ1n) is 6.50. The SMILES string of the molecule is NNc1cn2ccnc2c(NCC2CCCC2O)n1. The number of aromatic nitrogens is 3. The lowest BCUT2D eigenvalue weighted by Gasteiger charge is -2.16. The van der Waals surface area contributed by atoms with E-state index in [2.05, 4.69) is 20.7 Å². The van der Waals surface area contributed by atoms with E-state index in [4.69, 9.17) is 5.84 Å². The minimum absolute atomic E-state index is 0.209. The summed E-state index contributed by atoms with van der Waals surface area (Å²) in [4.78, 5) is 8.63. The number of nitrogens with zero attached hydrogens (tertiary/aromatic N) is 3. The van der Waals surface area contributed by atoms with Crippen LogP contribution in [0.4, 0.5) is 11.6 Å². The van der Waals surface area contributed by atoms with Gasteiger partial charge in [-0.2, -0.15) is 0 Å². The van der Waals surface area contributed by atoms with Crippen LogP contribution < -0.4 is 16.6 Å². The fraction of sp³-hybridized carbons (Fsp3) is 0.500. The predicted octanol–water partition coefficient (Wildman–Crippen LogP) is 0.588. The number of hydrogen-bond donors (Lipinski definition) is 4. The van der Waals surface area contributed by atoms with Crippen molar-refractivity contribution in [3.8, 4) is 0 Å². The molecule has 1 fully saturated rings. The predicted molar refractivity (Wildman–Crippen MR) is 72.6 cm³/mol. The molecule has 0 amide bonds. The molecule has 0 saturated heterocycles. The average molecular weight is 262 g/mol. The molecule has 1 aliphatic rings. The number of nitrogens with one attached hydrogen (secondary N) is 2. The monoisotopic (exact) mass is 262 g/mol. The van der Waals surface area contributed by atoms with Gasteiger partial charge in [0.15, 0.2) is 17.3 Å². The summed E-state index contributed by atoms with van der Waals surface area (Å²) in [5, 5.41) is 13.1. The summed E-state index contributed by atoms with van der Waals surface area (Å²) in [6.07, 6.45) is 8.15. The Morgan fingerprint density at radius 2 is 2.37 bits per heavy atom. The third-order valence-electron chi connectivity index (χ3n) is 3.67. The van der Waals surface area contributed by atoms with E-state index in [0.29, 0.717) is 18.2 Å². The molecule has 0 radical (unpaired) electrons. The normalized spacial score (nSPS) is 22.8. The molecule has 0 aliphatic heterocycles. The van der Waals surface area contributed by atoms with Crippen LogP contribution in [0.5, 0.6) is 0 Å². The molecule has 19 heavy (non-hydrogen) atoms. The summed E-state index contributed by atoms with van der Waals surface area (Å²) in [5.74, 6) is 6.94. The second-order valence-electron chi connectivity index (χ2n) is 4.92. The summed E-state index contributed by atoms with van der Waals surface area (Å²) >= 11 is 0. The van der Waals surface area contributed by atoms with Gasteiger partial charge in [-0.25, -0.2) is 15.8 Å². The number of nitrogen functional groups attached to an aromatic ring is 1. The van der Waals surface area contributed by atoms with E-state index in [1.54, 1.807) is 12.4 Å². The zero-order valence-corrected chi connectivity index (χ0v) is 10.6. The average Bonchev–Trinajstić information content (AvgIpc) is 3.04. The number of hydrogen-bond acceptors (Lipinski definition) is 6. The zero-order chi connectivity index (χ0) is 13.2. The van der Waals surface area contributed by atoms with Gasteiger partial charge in [-0.3, -0.25) is 0 Å². The number of rotatable bonds is 4. The Labute approximate surface area is 110 Å². The summed E-state index contributed by atoms with van der Waals surface area (Å²) in [6, 6.07) is 0. The van der Waals surface area contributed by atoms with Crippen molar-refractivity contribution in [3.05, 3.63) is 18.6 Å². The second kappa shape index (κ2) is 5.02. The van der Waals surface area contributed by atoms with Gasteiger partial charge in [0.1, 0.15) is 0 Å². The Kier molecular flexibility index (Phi) is 3.22. The molecule has 2 atom stereocenters. The van der Waals surface area contributed by atoms with E-state index in [1.807, 2.05) is 10.6 Å². The molecule has 2 heterocycles. The van der Waals surface area contributed by atoms with Crippen LogP contribution in [-0.4, -0.2) is 32.1 Å². The van der Waals surface area contributed by atoms with Crippen molar-refractivity contribution in [1.29, 1.82) is 0 Å². The van der Waals surface area contributed by atoms with Crippen molar-refractivity contribution >= 4 is 17.3 Å². The molecule has 0 bridgehead atoms. The van der Waals surface area contributed by atoms with Crippen LogP contribution in [0.1, 0.15) is 19.3 Å². The molecule has 102 valence electrons. The summed E-state index contributed by atoms with van der Waals surface area (Å²) in [5.41, 5.74) is 3.29. The Morgan fingerprint density at radius 1 is 1.47 bits per heavy atom. The van der Waals surface area contributed by atoms with Crippen molar-refractivity contribution in [2.24, 2.45) is 11.8 Å². The highest BCUT2D eigenvalue weighted by atomic mass is 16.3. The quantitative estimate of drug-likeness (QED) is 0.475. The maximum Gasteiger partial charge on any atom is 0.180 e. The lowest BCUT2D eigenvalue weighted by molar-refractivity contribution is 0.138. The van der Waals surface area contributed by atoms with Gasteiger partial charge >= 0.3 is 0 Å². The number of aliphatic hydroxyl groups is 1. The van der Waals surface area contributed by atoms with Crippen molar-refractivity contribution in [2.45, 2.75) is 25.4 Å².